The second kappa shape index (κ2) is 11.1. The van der Waals surface area contributed by atoms with Crippen LogP contribution in [0.2, 0.25) is 0 Å². The molecule has 4 aromatic rings. The molecule has 178 valence electrons. The van der Waals surface area contributed by atoms with Gasteiger partial charge < -0.3 is 25.8 Å². The Morgan fingerprint density at radius 2 is 1.77 bits per heavy atom. The van der Waals surface area contributed by atoms with Gasteiger partial charge in [0.15, 0.2) is 0 Å². The van der Waals surface area contributed by atoms with E-state index in [1.807, 2.05) is 60.7 Å². The van der Waals surface area contributed by atoms with Gasteiger partial charge in [-0.25, -0.2) is 4.98 Å². The van der Waals surface area contributed by atoms with Crippen LogP contribution in [0.1, 0.15) is 21.5 Å². The molecule has 7 nitrogen and oxygen atoms in total. The average Bonchev–Trinajstić information content (AvgIpc) is 2.91. The second-order valence-corrected chi connectivity index (χ2v) is 7.94. The topological polar surface area (TPSA) is 95.5 Å². The number of hydrogen-bond acceptors (Lipinski definition) is 6. The van der Waals surface area contributed by atoms with E-state index in [0.29, 0.717) is 24.5 Å². The van der Waals surface area contributed by atoms with Crippen molar-refractivity contribution < 1.29 is 14.6 Å². The summed E-state index contributed by atoms with van der Waals surface area (Å²) in [4.78, 5) is 16.9. The molecule has 0 aliphatic heterocycles. The number of pyridine rings is 1. The first kappa shape index (κ1) is 23.6. The summed E-state index contributed by atoms with van der Waals surface area (Å²) in [5.41, 5.74) is 5.66. The third-order valence-electron chi connectivity index (χ3n) is 5.67. The van der Waals surface area contributed by atoms with Gasteiger partial charge in [0.25, 0.3) is 5.91 Å². The van der Waals surface area contributed by atoms with E-state index < -0.39 is 0 Å². The Morgan fingerprint density at radius 3 is 2.54 bits per heavy atom. The lowest BCUT2D eigenvalue weighted by Crippen LogP contribution is -2.22. The number of methoxy groups -OCH3 is 1. The maximum absolute atomic E-state index is 12.6. The molecule has 35 heavy (non-hydrogen) atoms. The number of amides is 1. The van der Waals surface area contributed by atoms with Crippen LogP contribution in [-0.2, 0) is 13.1 Å². The monoisotopic (exact) mass is 468 g/mol. The van der Waals surface area contributed by atoms with E-state index in [1.54, 1.807) is 38.6 Å². The number of phenolic OH excluding ortho intramolecular Hbond substituents is 1. The Hall–Kier alpha value is -4.52. The van der Waals surface area contributed by atoms with Crippen LogP contribution in [0.15, 0.2) is 85.1 Å². The molecule has 1 aromatic heterocycles. The molecule has 1 heterocycles. The lowest BCUT2D eigenvalue weighted by Gasteiger charge is -2.15. The first-order valence-corrected chi connectivity index (χ1v) is 11.3. The molecule has 7 heteroatoms. The van der Waals surface area contributed by atoms with Crippen LogP contribution in [0.3, 0.4) is 0 Å². The molecule has 0 unspecified atom stereocenters. The number of hydrogen-bond donors (Lipinski definition) is 4. The highest BCUT2D eigenvalue weighted by molar-refractivity contribution is 5.96. The van der Waals surface area contributed by atoms with Gasteiger partial charge in [0.1, 0.15) is 5.75 Å². The van der Waals surface area contributed by atoms with Crippen LogP contribution in [0.4, 0.5) is 11.4 Å². The van der Waals surface area contributed by atoms with Gasteiger partial charge in [0.05, 0.1) is 18.5 Å². The second-order valence-electron chi connectivity index (χ2n) is 7.94. The van der Waals surface area contributed by atoms with E-state index in [-0.39, 0.29) is 11.7 Å². The summed E-state index contributed by atoms with van der Waals surface area (Å²) in [7, 11) is 3.39. The van der Waals surface area contributed by atoms with Crippen molar-refractivity contribution in [2.24, 2.45) is 0 Å². The van der Waals surface area contributed by atoms with Gasteiger partial charge >= 0.3 is 0 Å². The molecule has 0 radical (unpaired) electrons. The number of anilines is 2. The van der Waals surface area contributed by atoms with Crippen molar-refractivity contribution in [1.29, 1.82) is 0 Å². The van der Waals surface area contributed by atoms with Crippen molar-refractivity contribution in [2.75, 3.05) is 24.8 Å². The van der Waals surface area contributed by atoms with Crippen molar-refractivity contribution in [1.82, 2.24) is 10.3 Å². The van der Waals surface area contributed by atoms with Gasteiger partial charge in [-0.1, -0.05) is 36.4 Å². The van der Waals surface area contributed by atoms with Crippen LogP contribution in [0.5, 0.6) is 11.6 Å². The van der Waals surface area contributed by atoms with Crippen LogP contribution in [-0.4, -0.2) is 30.2 Å². The first-order chi connectivity index (χ1) is 17.1. The van der Waals surface area contributed by atoms with E-state index in [9.17, 15) is 9.90 Å². The van der Waals surface area contributed by atoms with Gasteiger partial charge in [0, 0.05) is 43.0 Å². The van der Waals surface area contributed by atoms with Crippen LogP contribution >= 0.6 is 0 Å². The lowest BCUT2D eigenvalue weighted by atomic mass is 10.0. The Balaban J connectivity index is 1.47. The molecule has 0 atom stereocenters. The molecule has 0 saturated carbocycles. The fourth-order valence-corrected chi connectivity index (χ4v) is 3.79. The SMILES string of the molecule is CNc1cc(C(=O)NCc2ccccc2)ccc1NCc1cc(-c2cccnc2OC)ccc1O. The average molecular weight is 469 g/mol. The maximum Gasteiger partial charge on any atom is 0.251 e. The summed E-state index contributed by atoms with van der Waals surface area (Å²) < 4.78 is 5.37. The van der Waals surface area contributed by atoms with Gasteiger partial charge in [-0.3, -0.25) is 4.79 Å². The Bertz CT molecular complexity index is 1310. The number of aromatic hydroxyl groups is 1. The summed E-state index contributed by atoms with van der Waals surface area (Å²) in [6, 6.07) is 24.4. The summed E-state index contributed by atoms with van der Waals surface area (Å²) in [6.45, 7) is 0.850. The van der Waals surface area contributed by atoms with Crippen molar-refractivity contribution in [3.05, 3.63) is 102 Å². The molecule has 4 rings (SSSR count). The van der Waals surface area contributed by atoms with Crippen molar-refractivity contribution >= 4 is 17.3 Å². The molecule has 1 amide bonds. The van der Waals surface area contributed by atoms with Crippen molar-refractivity contribution in [3.63, 3.8) is 0 Å². The molecule has 4 N–H and O–H groups in total. The predicted molar refractivity (Wildman–Crippen MR) is 139 cm³/mol. The van der Waals surface area contributed by atoms with E-state index in [4.69, 9.17) is 4.74 Å². The zero-order chi connectivity index (χ0) is 24.6. The Kier molecular flexibility index (Phi) is 7.47. The number of nitrogens with zero attached hydrogens (tertiary/aromatic N) is 1. The summed E-state index contributed by atoms with van der Waals surface area (Å²) in [6.07, 6.45) is 1.68. The normalized spacial score (nSPS) is 10.5. The van der Waals surface area contributed by atoms with Crippen LogP contribution < -0.4 is 20.7 Å². The third kappa shape index (κ3) is 5.70. The molecular weight excluding hydrogens is 440 g/mol. The molecule has 3 aromatic carbocycles. The standard InChI is InChI=1S/C28H28N4O3/c1-29-25-16-21(27(34)32-17-19-7-4-3-5-8-19)10-12-24(25)31-18-22-15-20(11-13-26(22)33)23-9-6-14-30-28(23)35-2/h3-16,29,31,33H,17-18H2,1-2H3,(H,32,34). The number of aromatic nitrogens is 1. The number of carbonyl (C=O) groups is 1. The molecule has 0 spiro atoms. The van der Waals surface area contributed by atoms with Gasteiger partial charge in [-0.2, -0.15) is 0 Å². The smallest absolute Gasteiger partial charge is 0.251 e. The zero-order valence-electron chi connectivity index (χ0n) is 19.7. The lowest BCUT2D eigenvalue weighted by molar-refractivity contribution is 0.0951. The van der Waals surface area contributed by atoms with Gasteiger partial charge in [-0.15, -0.1) is 0 Å². The minimum absolute atomic E-state index is 0.146. The molecule has 0 bridgehead atoms. The highest BCUT2D eigenvalue weighted by atomic mass is 16.5. The van der Waals surface area contributed by atoms with Crippen molar-refractivity contribution in [3.8, 4) is 22.8 Å². The zero-order valence-corrected chi connectivity index (χ0v) is 19.7. The highest BCUT2D eigenvalue weighted by Gasteiger charge is 2.12. The number of carbonyl (C=O) groups excluding carboxylic acids is 1. The first-order valence-electron chi connectivity index (χ1n) is 11.3. The molecule has 0 fully saturated rings. The largest absolute Gasteiger partial charge is 0.508 e. The number of rotatable bonds is 9. The predicted octanol–water partition coefficient (Wildman–Crippen LogP) is 5.05. The Morgan fingerprint density at radius 1 is 0.943 bits per heavy atom. The minimum atomic E-state index is -0.146. The maximum atomic E-state index is 12.6. The summed E-state index contributed by atoms with van der Waals surface area (Å²) in [5.74, 6) is 0.565. The fraction of sp³-hybridized carbons (Fsp3) is 0.143. The number of ether oxygens (including phenoxy) is 1. The van der Waals surface area contributed by atoms with Gasteiger partial charge in [0.2, 0.25) is 5.88 Å². The van der Waals surface area contributed by atoms with E-state index in [0.717, 1.165) is 33.6 Å². The number of nitrogens with one attached hydrogen (secondary N) is 3. The van der Waals surface area contributed by atoms with E-state index >= 15 is 0 Å². The quantitative estimate of drug-likeness (QED) is 0.275. The van der Waals surface area contributed by atoms with E-state index in [2.05, 4.69) is 20.9 Å². The highest BCUT2D eigenvalue weighted by Crippen LogP contribution is 2.32. The minimum Gasteiger partial charge on any atom is -0.508 e. The summed E-state index contributed by atoms with van der Waals surface area (Å²) in [5, 5.41) is 19.9. The number of phenols is 1. The van der Waals surface area contributed by atoms with E-state index in [1.165, 1.54) is 0 Å². The third-order valence-corrected chi connectivity index (χ3v) is 5.67. The molecule has 0 aliphatic carbocycles. The molecular formula is C28H28N4O3. The Labute approximate surface area is 204 Å². The molecule has 0 saturated heterocycles. The molecule has 0 aliphatic rings. The fourth-order valence-electron chi connectivity index (χ4n) is 3.79. The number of benzene rings is 3. The van der Waals surface area contributed by atoms with Crippen LogP contribution in [0.25, 0.3) is 11.1 Å². The summed E-state index contributed by atoms with van der Waals surface area (Å²) >= 11 is 0. The van der Waals surface area contributed by atoms with Crippen molar-refractivity contribution in [2.45, 2.75) is 13.1 Å². The van der Waals surface area contributed by atoms with Gasteiger partial charge in [-0.05, 0) is 53.6 Å². The van der Waals surface area contributed by atoms with Crippen LogP contribution in [0, 0.1) is 0 Å².